The van der Waals surface area contributed by atoms with E-state index in [2.05, 4.69) is 52.5 Å². The Morgan fingerprint density at radius 1 is 1.30 bits per heavy atom. The van der Waals surface area contributed by atoms with Gasteiger partial charge in [-0.3, -0.25) is 0 Å². The number of hydrogen-bond acceptors (Lipinski definition) is 1. The number of hydrogen-bond donors (Lipinski definition) is 0. The second kappa shape index (κ2) is 3.68. The third-order valence-corrected chi connectivity index (χ3v) is 3.82. The molecular weight excluding hydrogens is 157 g/mol. The Balaban J connectivity index is 4.26. The van der Waals surface area contributed by atoms with E-state index < -0.39 is 8.24 Å². The molecule has 0 aliphatic heterocycles. The first-order chi connectivity index (χ1) is 4.39. The van der Waals surface area contributed by atoms with Gasteiger partial charge in [0.25, 0.3) is 0 Å². The summed E-state index contributed by atoms with van der Waals surface area (Å²) in [5.74, 6) is 2.93. The van der Waals surface area contributed by atoms with Crippen LogP contribution in [0.3, 0.4) is 0 Å². The summed E-state index contributed by atoms with van der Waals surface area (Å²) in [6, 6.07) is 0.532. The van der Waals surface area contributed by atoms with Crippen molar-refractivity contribution in [1.29, 1.82) is 0 Å². The Labute approximate surface area is 67.4 Å². The molecule has 3 heteroatoms. The quantitative estimate of drug-likeness (QED) is 0.352. The summed E-state index contributed by atoms with van der Waals surface area (Å²) >= 11 is 0. The first kappa shape index (κ1) is 10.4. The summed E-state index contributed by atoms with van der Waals surface area (Å²) in [6.45, 7) is 11.2. The Hall–Kier alpha value is 0.387. The maximum absolute atomic E-state index is 4.06. The van der Waals surface area contributed by atoms with E-state index in [1.807, 2.05) is 0 Å². The van der Waals surface area contributed by atoms with Crippen molar-refractivity contribution >= 4 is 16.9 Å². The summed E-state index contributed by atoms with van der Waals surface area (Å²) in [6.07, 6.45) is 0. The molecule has 0 spiro atoms. The van der Waals surface area contributed by atoms with E-state index in [9.17, 15) is 0 Å². The topological polar surface area (TPSA) is 3.24 Å². The van der Waals surface area contributed by atoms with Gasteiger partial charge in [0.2, 0.25) is 0 Å². The van der Waals surface area contributed by atoms with Gasteiger partial charge < -0.3 is 0 Å². The summed E-state index contributed by atoms with van der Waals surface area (Å²) in [7, 11) is 2.86. The van der Waals surface area contributed by atoms with Crippen LogP contribution in [-0.4, -0.2) is 18.8 Å². The molecule has 0 aromatic rings. The zero-order valence-electron chi connectivity index (χ0n) is 7.47. The van der Waals surface area contributed by atoms with Gasteiger partial charge in [-0.2, -0.15) is 0 Å². The van der Waals surface area contributed by atoms with Crippen molar-refractivity contribution < 1.29 is 0 Å². The zero-order valence-corrected chi connectivity index (χ0v) is 9.37. The average Bonchev–Trinajstić information content (AvgIpc) is 1.60. The van der Waals surface area contributed by atoms with Gasteiger partial charge in [-0.15, -0.1) is 0 Å². The van der Waals surface area contributed by atoms with Crippen molar-refractivity contribution in [2.24, 2.45) is 0 Å². The minimum absolute atomic E-state index is 0.532. The van der Waals surface area contributed by atoms with Crippen LogP contribution in [0, 0.1) is 5.75 Å². The molecule has 0 aromatic carbocycles. The average molecular weight is 173 g/mol. The molecule has 0 aliphatic carbocycles. The van der Waals surface area contributed by atoms with E-state index in [0.717, 1.165) is 0 Å². The van der Waals surface area contributed by atoms with Gasteiger partial charge in [-0.1, -0.05) is 0 Å². The fourth-order valence-electron chi connectivity index (χ4n) is 1.04. The van der Waals surface area contributed by atoms with Crippen molar-refractivity contribution in [3.63, 3.8) is 0 Å². The van der Waals surface area contributed by atoms with Crippen LogP contribution in [0.25, 0.3) is 0 Å². The normalized spacial score (nSPS) is 12.2. The molecule has 0 saturated carbocycles. The number of rotatable bonds is 2. The van der Waals surface area contributed by atoms with Gasteiger partial charge in [-0.25, -0.2) is 0 Å². The monoisotopic (exact) mass is 173 g/mol. The molecule has 0 atom stereocenters. The summed E-state index contributed by atoms with van der Waals surface area (Å²) in [5.41, 5.74) is 0. The molecule has 0 bridgehead atoms. The molecule has 0 rings (SSSR count). The second-order valence-corrected chi connectivity index (χ2v) is 8.76. The van der Waals surface area contributed by atoms with Crippen LogP contribution in [0.1, 0.15) is 13.8 Å². The Bertz CT molecular complexity index is 143. The first-order valence-electron chi connectivity index (χ1n) is 3.58. The van der Waals surface area contributed by atoms with E-state index in [1.165, 1.54) is 0 Å². The van der Waals surface area contributed by atoms with Gasteiger partial charge in [0.1, 0.15) is 0 Å². The Morgan fingerprint density at radius 3 is 1.70 bits per heavy atom. The van der Waals surface area contributed by atoms with Gasteiger partial charge in [0.05, 0.1) is 0 Å². The molecule has 58 valence electrons. The second-order valence-electron chi connectivity index (χ2n) is 3.73. The van der Waals surface area contributed by atoms with Crippen LogP contribution in [0.4, 0.5) is 0 Å². The molecule has 0 fully saturated rings. The molecule has 0 heterocycles. The molecule has 0 N–H and O–H groups in total. The van der Waals surface area contributed by atoms with E-state index in [1.54, 1.807) is 0 Å². The third kappa shape index (κ3) is 2.98. The summed E-state index contributed by atoms with van der Waals surface area (Å²) < 4.78 is 2.23. The van der Waals surface area contributed by atoms with Crippen molar-refractivity contribution in [3.8, 4) is 5.75 Å². The molecule has 0 unspecified atom stereocenters. The van der Waals surface area contributed by atoms with Crippen LogP contribution in [-0.2, 0) is 0 Å². The maximum atomic E-state index is 4.06. The molecule has 0 aliphatic rings. The molecule has 0 radical (unpaired) electrons. The van der Waals surface area contributed by atoms with Crippen LogP contribution in [0.2, 0.25) is 19.6 Å². The van der Waals surface area contributed by atoms with Crippen LogP contribution < -0.4 is 0 Å². The third-order valence-electron chi connectivity index (χ3n) is 1.35. The van der Waals surface area contributed by atoms with Gasteiger partial charge >= 0.3 is 66.8 Å². The molecular formula is C7H16NPSi. The molecule has 0 aromatic heterocycles. The molecule has 10 heavy (non-hydrogen) atoms. The minimum atomic E-state index is -1.20. The Morgan fingerprint density at radius 2 is 1.70 bits per heavy atom. The van der Waals surface area contributed by atoms with Crippen molar-refractivity contribution in [2.75, 3.05) is 0 Å². The van der Waals surface area contributed by atoms with Gasteiger partial charge in [-0.05, 0) is 0 Å². The van der Waals surface area contributed by atoms with Gasteiger partial charge in [0, 0.05) is 0 Å². The van der Waals surface area contributed by atoms with Crippen molar-refractivity contribution in [1.82, 2.24) is 4.57 Å². The Kier molecular flexibility index (Phi) is 3.83. The standard InChI is InChI=1S/C7H16NPSi/c1-7(2)8(6-9)10(3,4)5/h7H,1-5H3. The number of nitrogens with zero attached hydrogens (tertiary/aromatic N) is 1. The zero-order chi connectivity index (χ0) is 8.36. The molecule has 0 amide bonds. The molecule has 1 nitrogen and oxygen atoms in total. The fourth-order valence-corrected chi connectivity index (χ4v) is 4.02. The first-order valence-corrected chi connectivity index (χ1v) is 7.48. The predicted octanol–water partition coefficient (Wildman–Crippen LogP) is 2.86. The van der Waals surface area contributed by atoms with E-state index in [-0.39, 0.29) is 0 Å². The van der Waals surface area contributed by atoms with Gasteiger partial charge in [0.15, 0.2) is 0 Å². The van der Waals surface area contributed by atoms with Crippen LogP contribution >= 0.6 is 8.70 Å². The predicted molar refractivity (Wildman–Crippen MR) is 51.1 cm³/mol. The fraction of sp³-hybridized carbons (Fsp3) is 0.857. The summed E-state index contributed by atoms with van der Waals surface area (Å²) in [5, 5.41) is 0. The summed E-state index contributed by atoms with van der Waals surface area (Å²) in [4.78, 5) is 0. The van der Waals surface area contributed by atoms with Crippen LogP contribution in [0.5, 0.6) is 0 Å². The van der Waals surface area contributed by atoms with Crippen molar-refractivity contribution in [2.45, 2.75) is 39.5 Å². The van der Waals surface area contributed by atoms with Crippen LogP contribution in [0.15, 0.2) is 0 Å². The van der Waals surface area contributed by atoms with Crippen molar-refractivity contribution in [3.05, 3.63) is 0 Å². The van der Waals surface area contributed by atoms with E-state index in [0.29, 0.717) is 6.04 Å². The van der Waals surface area contributed by atoms with E-state index >= 15 is 0 Å². The van der Waals surface area contributed by atoms with E-state index in [4.69, 9.17) is 0 Å². The molecule has 0 saturated heterocycles. The SMILES string of the molecule is CC(C)N(C#P)[Si](C)(C)C.